The van der Waals surface area contributed by atoms with Gasteiger partial charge in [-0.1, -0.05) is 30.3 Å². The maximum absolute atomic E-state index is 12.1. The van der Waals surface area contributed by atoms with Gasteiger partial charge in [0.25, 0.3) is 0 Å². The van der Waals surface area contributed by atoms with E-state index in [1.54, 1.807) is 7.11 Å². The van der Waals surface area contributed by atoms with Crippen LogP contribution in [-0.2, 0) is 17.6 Å². The zero-order valence-corrected chi connectivity index (χ0v) is 14.5. The number of nitrogens with one attached hydrogen (secondary N) is 1. The van der Waals surface area contributed by atoms with Crippen LogP contribution < -0.4 is 14.8 Å². The van der Waals surface area contributed by atoms with Crippen molar-refractivity contribution >= 4 is 11.6 Å². The molecule has 2 aliphatic rings. The predicted octanol–water partition coefficient (Wildman–Crippen LogP) is 3.84. The van der Waals surface area contributed by atoms with Crippen molar-refractivity contribution in [1.82, 2.24) is 0 Å². The van der Waals surface area contributed by atoms with Crippen LogP contribution in [0.2, 0.25) is 0 Å². The highest BCUT2D eigenvalue weighted by atomic mass is 16.5. The van der Waals surface area contributed by atoms with Crippen molar-refractivity contribution in [1.29, 1.82) is 0 Å². The number of carbonyl (C=O) groups excluding carboxylic acids is 1. The molecule has 1 atom stereocenters. The molecule has 1 aliphatic carbocycles. The average molecular weight is 337 g/mol. The van der Waals surface area contributed by atoms with E-state index < -0.39 is 0 Å². The lowest BCUT2D eigenvalue weighted by Crippen LogP contribution is -2.24. The number of methoxy groups -OCH3 is 1. The summed E-state index contributed by atoms with van der Waals surface area (Å²) in [4.78, 5) is 12.1. The average Bonchev–Trinajstić information content (AvgIpc) is 3.48. The fourth-order valence-corrected chi connectivity index (χ4v) is 3.46. The highest BCUT2D eigenvalue weighted by Gasteiger charge is 2.30. The molecule has 0 unspecified atom stereocenters. The van der Waals surface area contributed by atoms with Crippen LogP contribution in [0.3, 0.4) is 0 Å². The Balaban J connectivity index is 1.48. The van der Waals surface area contributed by atoms with Gasteiger partial charge in [0, 0.05) is 17.5 Å². The SMILES string of the molecule is COc1cccc2c1OC[C@@H](Cc1ccccc1NC(=O)C1CC1)C2. The Hall–Kier alpha value is -2.49. The number of para-hydroxylation sites is 2. The maximum Gasteiger partial charge on any atom is 0.227 e. The highest BCUT2D eigenvalue weighted by Crippen LogP contribution is 2.37. The molecular weight excluding hydrogens is 314 g/mol. The largest absolute Gasteiger partial charge is 0.493 e. The second-order valence-electron chi connectivity index (χ2n) is 6.95. The van der Waals surface area contributed by atoms with Crippen molar-refractivity contribution in [3.05, 3.63) is 53.6 Å². The van der Waals surface area contributed by atoms with E-state index in [1.807, 2.05) is 30.3 Å². The van der Waals surface area contributed by atoms with Crippen molar-refractivity contribution in [2.75, 3.05) is 19.0 Å². The number of hydrogen-bond donors (Lipinski definition) is 1. The normalized spacial score (nSPS) is 18.8. The first-order valence-corrected chi connectivity index (χ1v) is 8.92. The van der Waals surface area contributed by atoms with Crippen molar-refractivity contribution in [2.45, 2.75) is 25.7 Å². The number of carbonyl (C=O) groups is 1. The second kappa shape index (κ2) is 6.79. The third-order valence-electron chi connectivity index (χ3n) is 4.98. The number of ether oxygens (including phenoxy) is 2. The number of amides is 1. The number of rotatable bonds is 5. The van der Waals surface area contributed by atoms with Gasteiger partial charge in [0.2, 0.25) is 5.91 Å². The summed E-state index contributed by atoms with van der Waals surface area (Å²) in [6.07, 6.45) is 3.88. The van der Waals surface area contributed by atoms with Crippen LogP contribution in [0.5, 0.6) is 11.5 Å². The van der Waals surface area contributed by atoms with Crippen LogP contribution in [0.4, 0.5) is 5.69 Å². The Labute approximate surface area is 148 Å². The van der Waals surface area contributed by atoms with Crippen molar-refractivity contribution in [3.63, 3.8) is 0 Å². The lowest BCUT2D eigenvalue weighted by molar-refractivity contribution is -0.117. The summed E-state index contributed by atoms with van der Waals surface area (Å²) in [7, 11) is 1.67. The second-order valence-corrected chi connectivity index (χ2v) is 6.95. The van der Waals surface area contributed by atoms with Crippen LogP contribution >= 0.6 is 0 Å². The lowest BCUT2D eigenvalue weighted by Gasteiger charge is -2.27. The molecule has 4 heteroatoms. The number of fused-ring (bicyclic) bond motifs is 1. The molecule has 0 aromatic heterocycles. The molecule has 0 bridgehead atoms. The number of hydrogen-bond acceptors (Lipinski definition) is 3. The van der Waals surface area contributed by atoms with Gasteiger partial charge in [0.15, 0.2) is 11.5 Å². The van der Waals surface area contributed by atoms with Gasteiger partial charge >= 0.3 is 0 Å². The molecule has 1 amide bonds. The van der Waals surface area contributed by atoms with Gasteiger partial charge in [0.1, 0.15) is 0 Å². The van der Waals surface area contributed by atoms with E-state index in [0.29, 0.717) is 12.5 Å². The van der Waals surface area contributed by atoms with Gasteiger partial charge in [0.05, 0.1) is 13.7 Å². The molecule has 1 heterocycles. The zero-order chi connectivity index (χ0) is 17.2. The van der Waals surface area contributed by atoms with Gasteiger partial charge in [-0.2, -0.15) is 0 Å². The van der Waals surface area contributed by atoms with Gasteiger partial charge in [-0.15, -0.1) is 0 Å². The van der Waals surface area contributed by atoms with E-state index in [9.17, 15) is 4.79 Å². The summed E-state index contributed by atoms with van der Waals surface area (Å²) in [6, 6.07) is 14.1. The molecule has 1 fully saturated rings. The van der Waals surface area contributed by atoms with Gasteiger partial charge in [-0.3, -0.25) is 4.79 Å². The van der Waals surface area contributed by atoms with Crippen molar-refractivity contribution < 1.29 is 14.3 Å². The first kappa shape index (κ1) is 16.0. The molecule has 1 N–H and O–H groups in total. The summed E-state index contributed by atoms with van der Waals surface area (Å²) in [5.74, 6) is 2.43. The summed E-state index contributed by atoms with van der Waals surface area (Å²) < 4.78 is 11.4. The summed E-state index contributed by atoms with van der Waals surface area (Å²) in [5, 5.41) is 3.10. The maximum atomic E-state index is 12.1. The Morgan fingerprint density at radius 2 is 2.04 bits per heavy atom. The fraction of sp³-hybridized carbons (Fsp3) is 0.381. The minimum absolute atomic E-state index is 0.155. The molecular formula is C21H23NO3. The fourth-order valence-electron chi connectivity index (χ4n) is 3.46. The topological polar surface area (TPSA) is 47.6 Å². The predicted molar refractivity (Wildman–Crippen MR) is 97.2 cm³/mol. The third kappa shape index (κ3) is 3.48. The smallest absolute Gasteiger partial charge is 0.227 e. The Kier molecular flexibility index (Phi) is 4.35. The first-order chi connectivity index (χ1) is 12.2. The molecule has 2 aromatic rings. The summed E-state index contributed by atoms with van der Waals surface area (Å²) in [5.41, 5.74) is 3.31. The minimum atomic E-state index is 0.155. The molecule has 2 aromatic carbocycles. The standard InChI is InChI=1S/C21H23NO3/c1-24-19-8-4-6-17-12-14(13-25-20(17)19)11-16-5-2-3-7-18(16)22-21(23)15-9-10-15/h2-8,14-15H,9-13H2,1H3,(H,22,23)/t14-/m0/s1. The molecule has 0 saturated heterocycles. The number of anilines is 1. The molecule has 0 spiro atoms. The Bertz CT molecular complexity index is 782. The van der Waals surface area contributed by atoms with Crippen LogP contribution in [0.15, 0.2) is 42.5 Å². The van der Waals surface area contributed by atoms with E-state index in [0.717, 1.165) is 42.9 Å². The van der Waals surface area contributed by atoms with E-state index in [2.05, 4.69) is 17.4 Å². The van der Waals surface area contributed by atoms with Crippen molar-refractivity contribution in [3.8, 4) is 11.5 Å². The number of benzene rings is 2. The molecule has 0 radical (unpaired) electrons. The third-order valence-corrected chi connectivity index (χ3v) is 4.98. The first-order valence-electron chi connectivity index (χ1n) is 8.92. The van der Waals surface area contributed by atoms with Gasteiger partial charge < -0.3 is 14.8 Å². The van der Waals surface area contributed by atoms with Gasteiger partial charge in [-0.25, -0.2) is 0 Å². The van der Waals surface area contributed by atoms with Crippen molar-refractivity contribution in [2.24, 2.45) is 11.8 Å². The van der Waals surface area contributed by atoms with E-state index in [4.69, 9.17) is 9.47 Å². The van der Waals surface area contributed by atoms with Crippen LogP contribution in [0.1, 0.15) is 24.0 Å². The van der Waals surface area contributed by atoms with Crippen LogP contribution in [0, 0.1) is 11.8 Å². The van der Waals surface area contributed by atoms with Crippen LogP contribution in [-0.4, -0.2) is 19.6 Å². The Morgan fingerprint density at radius 1 is 1.20 bits per heavy atom. The zero-order valence-electron chi connectivity index (χ0n) is 14.5. The van der Waals surface area contributed by atoms with E-state index in [1.165, 1.54) is 11.1 Å². The van der Waals surface area contributed by atoms with E-state index >= 15 is 0 Å². The Morgan fingerprint density at radius 3 is 2.84 bits per heavy atom. The molecule has 4 rings (SSSR count). The molecule has 4 nitrogen and oxygen atoms in total. The van der Waals surface area contributed by atoms with E-state index in [-0.39, 0.29) is 11.8 Å². The quantitative estimate of drug-likeness (QED) is 0.902. The van der Waals surface area contributed by atoms with Gasteiger partial charge in [-0.05, 0) is 48.9 Å². The van der Waals surface area contributed by atoms with Crippen LogP contribution in [0.25, 0.3) is 0 Å². The minimum Gasteiger partial charge on any atom is -0.493 e. The highest BCUT2D eigenvalue weighted by molar-refractivity contribution is 5.94. The molecule has 1 saturated carbocycles. The lowest BCUT2D eigenvalue weighted by atomic mass is 9.90. The monoisotopic (exact) mass is 337 g/mol. The molecule has 25 heavy (non-hydrogen) atoms. The summed E-state index contributed by atoms with van der Waals surface area (Å²) >= 11 is 0. The summed E-state index contributed by atoms with van der Waals surface area (Å²) in [6.45, 7) is 0.665. The molecule has 1 aliphatic heterocycles. The molecule has 130 valence electrons.